The Morgan fingerprint density at radius 2 is 1.84 bits per heavy atom. The highest BCUT2D eigenvalue weighted by atomic mass is 35.5. The van der Waals surface area contributed by atoms with Crippen molar-refractivity contribution in [2.75, 3.05) is 18.0 Å². The summed E-state index contributed by atoms with van der Waals surface area (Å²) in [6.45, 7) is 9.95. The lowest BCUT2D eigenvalue weighted by Gasteiger charge is -2.26. The third-order valence-corrected chi connectivity index (χ3v) is 2.66. The zero-order valence-electron chi connectivity index (χ0n) is 11.7. The largest absolute Gasteiger partial charge is 0.476 e. The van der Waals surface area contributed by atoms with Crippen LogP contribution in [0.5, 0.6) is 0 Å². The van der Waals surface area contributed by atoms with Crippen molar-refractivity contribution in [1.29, 1.82) is 0 Å². The number of hydrogen-bond donors (Lipinski definition) is 1. The number of anilines is 1. The van der Waals surface area contributed by atoms with Crippen LogP contribution < -0.4 is 4.90 Å². The molecule has 1 aromatic heterocycles. The van der Waals surface area contributed by atoms with Crippen LogP contribution in [0.15, 0.2) is 6.20 Å². The Balaban J connectivity index is 3.07. The number of hydrogen-bond acceptors (Lipinski definition) is 4. The van der Waals surface area contributed by atoms with Crippen LogP contribution in [-0.4, -0.2) is 34.1 Å². The van der Waals surface area contributed by atoms with Gasteiger partial charge in [-0.05, 0) is 11.8 Å². The van der Waals surface area contributed by atoms with Crippen LogP contribution in [-0.2, 0) is 0 Å². The smallest absolute Gasteiger partial charge is 0.356 e. The molecule has 0 aliphatic carbocycles. The highest BCUT2D eigenvalue weighted by molar-refractivity contribution is 6.33. The molecule has 1 heterocycles. The van der Waals surface area contributed by atoms with E-state index in [9.17, 15) is 4.79 Å². The molecule has 0 amide bonds. The van der Waals surface area contributed by atoms with Crippen LogP contribution in [0.4, 0.5) is 5.95 Å². The molecule has 5 nitrogen and oxygen atoms in total. The summed E-state index contributed by atoms with van der Waals surface area (Å²) in [5.74, 6) is 0.157. The fourth-order valence-corrected chi connectivity index (χ4v) is 1.95. The predicted octanol–water partition coefficient (Wildman–Crippen LogP) is 2.95. The van der Waals surface area contributed by atoms with Crippen molar-refractivity contribution in [3.8, 4) is 0 Å². The van der Waals surface area contributed by atoms with Gasteiger partial charge in [0.15, 0.2) is 5.69 Å². The summed E-state index contributed by atoms with van der Waals surface area (Å²) >= 11 is 5.78. The van der Waals surface area contributed by atoms with Crippen molar-refractivity contribution in [3.63, 3.8) is 0 Å². The van der Waals surface area contributed by atoms with Crippen molar-refractivity contribution >= 4 is 23.5 Å². The standard InChI is InChI=1S/C13H20ClN3O2/c1-8(2)6-17(7-9(3)4)13-15-5-10(14)11(16-13)12(18)19/h5,8-9H,6-7H2,1-4H3,(H,18,19). The molecular formula is C13H20ClN3O2. The van der Waals surface area contributed by atoms with Crippen LogP contribution in [0.1, 0.15) is 38.2 Å². The molecule has 6 heteroatoms. The summed E-state index contributed by atoms with van der Waals surface area (Å²) in [5, 5.41) is 9.10. The Morgan fingerprint density at radius 3 is 2.26 bits per heavy atom. The van der Waals surface area contributed by atoms with Crippen LogP contribution in [0.2, 0.25) is 5.02 Å². The summed E-state index contributed by atoms with van der Waals surface area (Å²) in [5.41, 5.74) is -0.149. The van der Waals surface area contributed by atoms with Crippen LogP contribution in [0.3, 0.4) is 0 Å². The van der Waals surface area contributed by atoms with E-state index in [0.717, 1.165) is 13.1 Å². The number of carbonyl (C=O) groups is 1. The minimum Gasteiger partial charge on any atom is -0.476 e. The molecule has 19 heavy (non-hydrogen) atoms. The fourth-order valence-electron chi connectivity index (χ4n) is 1.78. The third kappa shape index (κ3) is 4.67. The van der Waals surface area contributed by atoms with E-state index in [-0.39, 0.29) is 10.7 Å². The van der Waals surface area contributed by atoms with Gasteiger partial charge in [-0.1, -0.05) is 39.3 Å². The van der Waals surface area contributed by atoms with E-state index in [4.69, 9.17) is 16.7 Å². The van der Waals surface area contributed by atoms with E-state index in [1.165, 1.54) is 6.20 Å². The molecule has 106 valence electrons. The lowest BCUT2D eigenvalue weighted by Crippen LogP contribution is -2.33. The topological polar surface area (TPSA) is 66.3 Å². The number of aromatic nitrogens is 2. The second-order valence-electron chi connectivity index (χ2n) is 5.36. The molecule has 1 N–H and O–H groups in total. The summed E-state index contributed by atoms with van der Waals surface area (Å²) in [4.78, 5) is 21.3. The van der Waals surface area contributed by atoms with Gasteiger partial charge in [0.1, 0.15) is 0 Å². The second kappa shape index (κ2) is 6.70. The van der Waals surface area contributed by atoms with Gasteiger partial charge >= 0.3 is 5.97 Å². The van der Waals surface area contributed by atoms with Crippen molar-refractivity contribution in [2.45, 2.75) is 27.7 Å². The lowest BCUT2D eigenvalue weighted by atomic mass is 10.1. The van der Waals surface area contributed by atoms with E-state index < -0.39 is 5.97 Å². The van der Waals surface area contributed by atoms with Gasteiger partial charge in [-0.3, -0.25) is 0 Å². The summed E-state index contributed by atoms with van der Waals surface area (Å²) < 4.78 is 0. The lowest BCUT2D eigenvalue weighted by molar-refractivity contribution is 0.0690. The van der Waals surface area contributed by atoms with Gasteiger partial charge in [0, 0.05) is 13.1 Å². The SMILES string of the molecule is CC(C)CN(CC(C)C)c1ncc(Cl)c(C(=O)O)n1. The first-order chi connectivity index (χ1) is 8.81. The molecule has 0 unspecified atom stereocenters. The molecule has 0 aliphatic rings. The van der Waals surface area contributed by atoms with Crippen molar-refractivity contribution in [1.82, 2.24) is 9.97 Å². The van der Waals surface area contributed by atoms with E-state index in [1.807, 2.05) is 4.90 Å². The van der Waals surface area contributed by atoms with Crippen LogP contribution in [0.25, 0.3) is 0 Å². The third-order valence-electron chi connectivity index (χ3n) is 2.39. The quantitative estimate of drug-likeness (QED) is 0.870. The van der Waals surface area contributed by atoms with Gasteiger partial charge in [0.2, 0.25) is 5.95 Å². The molecule has 0 saturated carbocycles. The molecule has 0 fully saturated rings. The first kappa shape index (κ1) is 15.7. The molecule has 0 radical (unpaired) electrons. The number of aromatic carboxylic acids is 1. The average Bonchev–Trinajstić information content (AvgIpc) is 2.27. The molecule has 1 rings (SSSR count). The summed E-state index contributed by atoms with van der Waals surface area (Å²) in [7, 11) is 0. The van der Waals surface area contributed by atoms with Gasteiger partial charge in [-0.15, -0.1) is 0 Å². The molecule has 0 bridgehead atoms. The molecule has 0 atom stereocenters. The minimum atomic E-state index is -1.14. The van der Waals surface area contributed by atoms with Crippen molar-refractivity contribution < 1.29 is 9.90 Å². The van der Waals surface area contributed by atoms with Crippen LogP contribution >= 0.6 is 11.6 Å². The Kier molecular flexibility index (Phi) is 5.54. The Morgan fingerprint density at radius 1 is 1.32 bits per heavy atom. The Labute approximate surface area is 118 Å². The van der Waals surface area contributed by atoms with Gasteiger partial charge in [0.25, 0.3) is 0 Å². The first-order valence-corrected chi connectivity index (χ1v) is 6.69. The highest BCUT2D eigenvalue weighted by Gasteiger charge is 2.18. The van der Waals surface area contributed by atoms with E-state index in [0.29, 0.717) is 17.8 Å². The zero-order valence-corrected chi connectivity index (χ0v) is 12.5. The van der Waals surface area contributed by atoms with Gasteiger partial charge < -0.3 is 10.0 Å². The predicted molar refractivity (Wildman–Crippen MR) is 75.9 cm³/mol. The molecule has 0 aromatic carbocycles. The van der Waals surface area contributed by atoms with E-state index in [1.54, 1.807) is 0 Å². The first-order valence-electron chi connectivity index (χ1n) is 6.32. The monoisotopic (exact) mass is 285 g/mol. The zero-order chi connectivity index (χ0) is 14.6. The number of halogens is 1. The fraction of sp³-hybridized carbons (Fsp3) is 0.615. The molecule has 0 spiro atoms. The van der Waals surface area contributed by atoms with Gasteiger partial charge in [-0.25, -0.2) is 14.8 Å². The average molecular weight is 286 g/mol. The molecule has 0 saturated heterocycles. The molecule has 0 aliphatic heterocycles. The van der Waals surface area contributed by atoms with E-state index >= 15 is 0 Å². The molecule has 1 aromatic rings. The Bertz CT molecular complexity index is 440. The minimum absolute atomic E-state index is 0.0605. The molecular weight excluding hydrogens is 266 g/mol. The number of carboxylic acid groups (broad SMARTS) is 1. The number of nitrogens with zero attached hydrogens (tertiary/aromatic N) is 3. The maximum atomic E-state index is 11.0. The van der Waals surface area contributed by atoms with Gasteiger partial charge in [-0.2, -0.15) is 0 Å². The normalized spacial score (nSPS) is 11.1. The number of rotatable bonds is 6. The maximum Gasteiger partial charge on any atom is 0.356 e. The van der Waals surface area contributed by atoms with Crippen LogP contribution in [0, 0.1) is 11.8 Å². The van der Waals surface area contributed by atoms with Crippen molar-refractivity contribution in [3.05, 3.63) is 16.9 Å². The summed E-state index contributed by atoms with van der Waals surface area (Å²) in [6.07, 6.45) is 1.35. The summed E-state index contributed by atoms with van der Waals surface area (Å²) in [6, 6.07) is 0. The second-order valence-corrected chi connectivity index (χ2v) is 5.77. The maximum absolute atomic E-state index is 11.0. The van der Waals surface area contributed by atoms with E-state index in [2.05, 4.69) is 37.7 Å². The Hall–Kier alpha value is -1.36. The highest BCUT2D eigenvalue weighted by Crippen LogP contribution is 2.18. The number of carboxylic acids is 1. The van der Waals surface area contributed by atoms with Gasteiger partial charge in [0.05, 0.1) is 11.2 Å². The van der Waals surface area contributed by atoms with Crippen molar-refractivity contribution in [2.24, 2.45) is 11.8 Å².